The highest BCUT2D eigenvalue weighted by Crippen LogP contribution is 2.33. The minimum absolute atomic E-state index is 0.386. The molecule has 21 heavy (non-hydrogen) atoms. The maximum atomic E-state index is 4.21. The Labute approximate surface area is 127 Å². The number of benzene rings is 1. The van der Waals surface area contributed by atoms with Gasteiger partial charge in [0.25, 0.3) is 0 Å². The van der Waals surface area contributed by atoms with Crippen molar-refractivity contribution in [3.05, 3.63) is 66.0 Å². The van der Waals surface area contributed by atoms with Gasteiger partial charge in [-0.1, -0.05) is 36.4 Å². The quantitative estimate of drug-likeness (QED) is 0.894. The van der Waals surface area contributed by atoms with Crippen LogP contribution in [0.1, 0.15) is 55.7 Å². The lowest BCUT2D eigenvalue weighted by atomic mass is 9.81. The predicted molar refractivity (Wildman–Crippen MR) is 87.2 cm³/mol. The van der Waals surface area contributed by atoms with Crippen molar-refractivity contribution in [2.75, 3.05) is 0 Å². The van der Waals surface area contributed by atoms with Gasteiger partial charge in [-0.2, -0.15) is 0 Å². The maximum Gasteiger partial charge on any atom is 0.0315 e. The van der Waals surface area contributed by atoms with Gasteiger partial charge in [-0.05, 0) is 55.7 Å². The molecule has 0 spiro atoms. The third kappa shape index (κ3) is 3.70. The van der Waals surface area contributed by atoms with E-state index in [9.17, 15) is 0 Å². The molecule has 1 unspecified atom stereocenters. The van der Waals surface area contributed by atoms with E-state index in [0.717, 1.165) is 5.92 Å². The van der Waals surface area contributed by atoms with Crippen LogP contribution in [0, 0.1) is 0 Å². The van der Waals surface area contributed by atoms with Crippen molar-refractivity contribution in [2.45, 2.75) is 50.6 Å². The normalized spacial score (nSPS) is 23.7. The van der Waals surface area contributed by atoms with E-state index in [1.54, 1.807) is 0 Å². The monoisotopic (exact) mass is 280 g/mol. The minimum Gasteiger partial charge on any atom is -0.307 e. The molecule has 2 aromatic rings. The van der Waals surface area contributed by atoms with E-state index >= 15 is 0 Å². The van der Waals surface area contributed by atoms with Gasteiger partial charge in [0.1, 0.15) is 0 Å². The molecule has 110 valence electrons. The van der Waals surface area contributed by atoms with Crippen LogP contribution in [-0.4, -0.2) is 11.0 Å². The number of hydrogen-bond donors (Lipinski definition) is 1. The lowest BCUT2D eigenvalue weighted by molar-refractivity contribution is 0.321. The first-order chi connectivity index (χ1) is 10.3. The number of nitrogens with one attached hydrogen (secondary N) is 1. The van der Waals surface area contributed by atoms with Gasteiger partial charge in [-0.3, -0.25) is 4.98 Å². The average molecular weight is 280 g/mol. The van der Waals surface area contributed by atoms with Gasteiger partial charge >= 0.3 is 0 Å². The smallest absolute Gasteiger partial charge is 0.0315 e. The van der Waals surface area contributed by atoms with Crippen LogP contribution in [0.3, 0.4) is 0 Å². The third-order valence-electron chi connectivity index (χ3n) is 4.67. The highest BCUT2D eigenvalue weighted by molar-refractivity contribution is 5.20. The second-order valence-corrected chi connectivity index (χ2v) is 6.13. The van der Waals surface area contributed by atoms with E-state index in [-0.39, 0.29) is 0 Å². The summed E-state index contributed by atoms with van der Waals surface area (Å²) in [5, 5.41) is 3.77. The van der Waals surface area contributed by atoms with Gasteiger partial charge in [0, 0.05) is 24.5 Å². The molecule has 0 radical (unpaired) electrons. The van der Waals surface area contributed by atoms with E-state index in [0.29, 0.717) is 12.1 Å². The first-order valence-corrected chi connectivity index (χ1v) is 8.04. The molecule has 1 fully saturated rings. The number of nitrogens with zero attached hydrogens (tertiary/aromatic N) is 1. The molecule has 2 nitrogen and oxygen atoms in total. The van der Waals surface area contributed by atoms with E-state index in [1.807, 2.05) is 18.5 Å². The lowest BCUT2D eigenvalue weighted by Crippen LogP contribution is -2.34. The summed E-state index contributed by atoms with van der Waals surface area (Å²) in [6.07, 6.45) is 8.92. The van der Waals surface area contributed by atoms with Crippen molar-refractivity contribution < 1.29 is 0 Å². The number of pyridine rings is 1. The number of aromatic nitrogens is 1. The Kier molecular flexibility index (Phi) is 4.66. The molecule has 0 aliphatic heterocycles. The molecule has 1 atom stereocenters. The molecule has 0 saturated heterocycles. The summed E-state index contributed by atoms with van der Waals surface area (Å²) < 4.78 is 0. The molecule has 3 rings (SSSR count). The maximum absolute atomic E-state index is 4.21. The van der Waals surface area contributed by atoms with Gasteiger partial charge in [0.2, 0.25) is 0 Å². The highest BCUT2D eigenvalue weighted by atomic mass is 14.9. The summed E-state index contributed by atoms with van der Waals surface area (Å²) in [5.74, 6) is 0.748. The standard InChI is InChI=1S/C19H24N2/c1-15(18-8-5-13-20-14-18)21-19-11-9-17(10-12-19)16-6-3-2-4-7-16/h2-8,13-15,17,19,21H,9-12H2,1H3. The van der Waals surface area contributed by atoms with Crippen LogP contribution >= 0.6 is 0 Å². The molecule has 1 saturated carbocycles. The van der Waals surface area contributed by atoms with Crippen molar-refractivity contribution >= 4 is 0 Å². The summed E-state index contributed by atoms with van der Waals surface area (Å²) in [7, 11) is 0. The first kappa shape index (κ1) is 14.3. The van der Waals surface area contributed by atoms with Gasteiger partial charge in [0.05, 0.1) is 0 Å². The molecule has 1 aromatic carbocycles. The van der Waals surface area contributed by atoms with Crippen LogP contribution in [0.2, 0.25) is 0 Å². The van der Waals surface area contributed by atoms with Crippen LogP contribution in [0.25, 0.3) is 0 Å². The molecule has 0 amide bonds. The van der Waals surface area contributed by atoms with Crippen LogP contribution in [0.4, 0.5) is 0 Å². The predicted octanol–water partition coefficient (Wildman–Crippen LogP) is 4.46. The zero-order valence-electron chi connectivity index (χ0n) is 12.7. The molecular formula is C19H24N2. The Morgan fingerprint density at radius 2 is 1.76 bits per heavy atom. The number of rotatable bonds is 4. The fourth-order valence-electron chi connectivity index (χ4n) is 3.40. The van der Waals surface area contributed by atoms with E-state index in [2.05, 4.69) is 53.6 Å². The molecule has 2 heteroatoms. The summed E-state index contributed by atoms with van der Waals surface area (Å²) in [4.78, 5) is 4.21. The summed E-state index contributed by atoms with van der Waals surface area (Å²) in [6, 6.07) is 16.2. The van der Waals surface area contributed by atoms with Crippen molar-refractivity contribution in [3.63, 3.8) is 0 Å². The molecule has 1 aliphatic carbocycles. The van der Waals surface area contributed by atoms with Crippen LogP contribution in [-0.2, 0) is 0 Å². The Hall–Kier alpha value is -1.67. The van der Waals surface area contributed by atoms with Crippen LogP contribution < -0.4 is 5.32 Å². The minimum atomic E-state index is 0.386. The Bertz CT molecular complexity index is 530. The third-order valence-corrected chi connectivity index (χ3v) is 4.67. The Balaban J connectivity index is 1.52. The summed E-state index contributed by atoms with van der Waals surface area (Å²) in [5.41, 5.74) is 2.79. The van der Waals surface area contributed by atoms with E-state index in [4.69, 9.17) is 0 Å². The molecule has 0 bridgehead atoms. The Morgan fingerprint density at radius 3 is 2.43 bits per heavy atom. The molecular weight excluding hydrogens is 256 g/mol. The molecule has 1 N–H and O–H groups in total. The van der Waals surface area contributed by atoms with Gasteiger partial charge in [-0.15, -0.1) is 0 Å². The molecule has 1 aliphatic rings. The van der Waals surface area contributed by atoms with Gasteiger partial charge in [-0.25, -0.2) is 0 Å². The topological polar surface area (TPSA) is 24.9 Å². The largest absolute Gasteiger partial charge is 0.307 e. The zero-order chi connectivity index (χ0) is 14.5. The van der Waals surface area contributed by atoms with Crippen molar-refractivity contribution in [3.8, 4) is 0 Å². The van der Waals surface area contributed by atoms with Gasteiger partial charge in [0.15, 0.2) is 0 Å². The lowest BCUT2D eigenvalue weighted by Gasteiger charge is -2.31. The highest BCUT2D eigenvalue weighted by Gasteiger charge is 2.23. The number of hydrogen-bond acceptors (Lipinski definition) is 2. The first-order valence-electron chi connectivity index (χ1n) is 8.04. The second kappa shape index (κ2) is 6.86. The summed E-state index contributed by atoms with van der Waals surface area (Å²) in [6.45, 7) is 2.24. The van der Waals surface area contributed by atoms with Crippen molar-refractivity contribution in [1.82, 2.24) is 10.3 Å². The van der Waals surface area contributed by atoms with Crippen molar-refractivity contribution in [2.24, 2.45) is 0 Å². The second-order valence-electron chi connectivity index (χ2n) is 6.13. The van der Waals surface area contributed by atoms with Crippen molar-refractivity contribution in [1.29, 1.82) is 0 Å². The molecule has 1 heterocycles. The fourth-order valence-corrected chi connectivity index (χ4v) is 3.40. The van der Waals surface area contributed by atoms with Crippen LogP contribution in [0.5, 0.6) is 0 Å². The van der Waals surface area contributed by atoms with E-state index in [1.165, 1.54) is 36.8 Å². The van der Waals surface area contributed by atoms with E-state index < -0.39 is 0 Å². The molecule has 1 aromatic heterocycles. The van der Waals surface area contributed by atoms with Crippen LogP contribution in [0.15, 0.2) is 54.9 Å². The SMILES string of the molecule is CC(NC1CCC(c2ccccc2)CC1)c1cccnc1. The zero-order valence-corrected chi connectivity index (χ0v) is 12.7. The van der Waals surface area contributed by atoms with Gasteiger partial charge < -0.3 is 5.32 Å². The fraction of sp³-hybridized carbons (Fsp3) is 0.421. The average Bonchev–Trinajstić information content (AvgIpc) is 2.57. The summed E-state index contributed by atoms with van der Waals surface area (Å²) >= 11 is 0. The Morgan fingerprint density at radius 1 is 1.00 bits per heavy atom.